The van der Waals surface area contributed by atoms with Gasteiger partial charge in [0.15, 0.2) is 0 Å². The highest BCUT2D eigenvalue weighted by molar-refractivity contribution is 7.82. The van der Waals surface area contributed by atoms with Gasteiger partial charge in [0.1, 0.15) is 41.0 Å². The van der Waals surface area contributed by atoms with E-state index in [-0.39, 0.29) is 13.2 Å². The first-order valence-corrected chi connectivity index (χ1v) is 9.91. The molecular weight excluding hydrogens is 406 g/mol. The third-order valence-electron chi connectivity index (χ3n) is 4.39. The van der Waals surface area contributed by atoms with E-state index in [9.17, 15) is 17.8 Å². The number of rotatable bonds is 6. The van der Waals surface area contributed by atoms with Crippen molar-refractivity contribution in [3.8, 4) is 5.75 Å². The van der Waals surface area contributed by atoms with Crippen molar-refractivity contribution in [1.29, 1.82) is 0 Å². The molecule has 2 aromatic rings. The maximum atomic E-state index is 13.2. The number of carbonyl (C=O) groups excluding carboxylic acids is 1. The molecule has 29 heavy (non-hydrogen) atoms. The van der Waals surface area contributed by atoms with Crippen molar-refractivity contribution in [3.05, 3.63) is 59.7 Å². The number of halogens is 2. The molecule has 0 bridgehead atoms. The molecule has 2 N–H and O–H groups in total. The Labute approximate surface area is 168 Å². The van der Waals surface area contributed by atoms with Crippen LogP contribution in [0.25, 0.3) is 0 Å². The van der Waals surface area contributed by atoms with Crippen LogP contribution in [0, 0.1) is 11.6 Å². The van der Waals surface area contributed by atoms with Gasteiger partial charge in [0.2, 0.25) is 0 Å². The van der Waals surface area contributed by atoms with Crippen LogP contribution in [-0.4, -0.2) is 44.9 Å². The van der Waals surface area contributed by atoms with E-state index in [1.807, 2.05) is 0 Å². The van der Waals surface area contributed by atoms with Gasteiger partial charge >= 0.3 is 0 Å². The number of morpholine rings is 1. The number of nitrogens with one attached hydrogen (secondary N) is 1. The molecule has 1 amide bonds. The van der Waals surface area contributed by atoms with E-state index < -0.39 is 40.7 Å². The van der Waals surface area contributed by atoms with Crippen molar-refractivity contribution < 1.29 is 32.5 Å². The molecule has 1 saturated heterocycles. The van der Waals surface area contributed by atoms with Gasteiger partial charge in [-0.3, -0.25) is 10.0 Å². The number of carbonyl (C=O) groups is 1. The lowest BCUT2D eigenvalue weighted by molar-refractivity contribution is -0.141. The predicted molar refractivity (Wildman–Crippen MR) is 99.4 cm³/mol. The van der Waals surface area contributed by atoms with E-state index in [0.717, 1.165) is 6.07 Å². The molecule has 1 heterocycles. The second-order valence-corrected chi connectivity index (χ2v) is 7.86. The minimum atomic E-state index is -1.67. The molecule has 0 aromatic heterocycles. The minimum Gasteiger partial charge on any atom is -0.489 e. The Morgan fingerprint density at radius 2 is 1.93 bits per heavy atom. The Morgan fingerprint density at radius 3 is 2.55 bits per heavy atom. The summed E-state index contributed by atoms with van der Waals surface area (Å²) in [6, 6.07) is 8.54. The van der Waals surface area contributed by atoms with Crippen molar-refractivity contribution in [3.63, 3.8) is 0 Å². The summed E-state index contributed by atoms with van der Waals surface area (Å²) < 4.78 is 51.8. The number of ether oxygens (including phenoxy) is 2. The van der Waals surface area contributed by atoms with Crippen LogP contribution in [-0.2, 0) is 27.1 Å². The Morgan fingerprint density at radius 1 is 1.28 bits per heavy atom. The average molecular weight is 426 g/mol. The first-order chi connectivity index (χ1) is 13.9. The smallest absolute Gasteiger partial charge is 0.264 e. The maximum Gasteiger partial charge on any atom is 0.264 e. The van der Waals surface area contributed by atoms with Gasteiger partial charge in [-0.05, 0) is 48.9 Å². The Kier molecular flexibility index (Phi) is 6.91. The number of hydroxylamine groups is 1. The summed E-state index contributed by atoms with van der Waals surface area (Å²) >= 11 is 0. The summed E-state index contributed by atoms with van der Waals surface area (Å²) in [6.45, 7) is 2.18. The van der Waals surface area contributed by atoms with Crippen LogP contribution in [0.4, 0.5) is 8.78 Å². The minimum absolute atomic E-state index is 0.0309. The van der Waals surface area contributed by atoms with Gasteiger partial charge in [0.25, 0.3) is 5.91 Å². The zero-order valence-corrected chi connectivity index (χ0v) is 16.3. The number of hydrogen-bond acceptors (Lipinski definition) is 5. The lowest BCUT2D eigenvalue weighted by Crippen LogP contribution is -2.57. The third kappa shape index (κ3) is 5.15. The van der Waals surface area contributed by atoms with E-state index in [1.165, 1.54) is 16.4 Å². The standard InChI is InChI=1S/C19H20F2N2O5S/c1-12-18(19(24)22-25)23(6-7-27-12)29(26)17-4-2-16(3-5-17)28-11-13-8-14(20)10-15(21)9-13/h2-5,8-10,12,18,25H,6-7,11H2,1H3,(H,22,24)/t12?,18-,29?/m1/s1. The highest BCUT2D eigenvalue weighted by atomic mass is 32.2. The molecule has 0 spiro atoms. The number of hydrogen-bond donors (Lipinski definition) is 2. The lowest BCUT2D eigenvalue weighted by Gasteiger charge is -2.36. The van der Waals surface area contributed by atoms with Crippen LogP contribution < -0.4 is 10.2 Å². The summed E-state index contributed by atoms with van der Waals surface area (Å²) in [5, 5.41) is 8.95. The van der Waals surface area contributed by atoms with Crippen molar-refractivity contribution in [2.75, 3.05) is 13.2 Å². The molecule has 156 valence electrons. The van der Waals surface area contributed by atoms with Gasteiger partial charge < -0.3 is 9.47 Å². The fourth-order valence-electron chi connectivity index (χ4n) is 3.04. The maximum absolute atomic E-state index is 13.2. The molecule has 2 unspecified atom stereocenters. The fraction of sp³-hybridized carbons (Fsp3) is 0.316. The first kappa shape index (κ1) is 21.3. The van der Waals surface area contributed by atoms with Crippen LogP contribution in [0.3, 0.4) is 0 Å². The summed E-state index contributed by atoms with van der Waals surface area (Å²) in [4.78, 5) is 12.4. The number of benzene rings is 2. The molecule has 3 atom stereocenters. The summed E-state index contributed by atoms with van der Waals surface area (Å²) in [5.74, 6) is -1.64. The number of nitrogens with zero attached hydrogens (tertiary/aromatic N) is 1. The molecule has 2 aromatic carbocycles. The van der Waals surface area contributed by atoms with E-state index in [0.29, 0.717) is 22.8 Å². The Hall–Kier alpha value is -2.40. The molecule has 10 heteroatoms. The summed E-state index contributed by atoms with van der Waals surface area (Å²) in [7, 11) is -1.67. The largest absolute Gasteiger partial charge is 0.489 e. The van der Waals surface area contributed by atoms with E-state index in [4.69, 9.17) is 14.7 Å². The van der Waals surface area contributed by atoms with Gasteiger partial charge in [0, 0.05) is 12.6 Å². The van der Waals surface area contributed by atoms with Crippen LogP contribution in [0.1, 0.15) is 12.5 Å². The lowest BCUT2D eigenvalue weighted by atomic mass is 10.1. The summed E-state index contributed by atoms with van der Waals surface area (Å²) in [5.41, 5.74) is 1.93. The second kappa shape index (κ2) is 9.40. The molecule has 0 saturated carbocycles. The second-order valence-electron chi connectivity index (χ2n) is 6.42. The molecular formula is C19H20F2N2O5S. The number of amides is 1. The van der Waals surface area contributed by atoms with Crippen LogP contribution in [0.5, 0.6) is 5.75 Å². The molecule has 3 rings (SSSR count). The average Bonchev–Trinajstić information content (AvgIpc) is 2.70. The van der Waals surface area contributed by atoms with E-state index in [1.54, 1.807) is 36.7 Å². The van der Waals surface area contributed by atoms with E-state index in [2.05, 4.69) is 0 Å². The molecule has 1 fully saturated rings. The Bertz CT molecular complexity index is 876. The molecule has 0 radical (unpaired) electrons. The molecule has 1 aliphatic heterocycles. The monoisotopic (exact) mass is 426 g/mol. The van der Waals surface area contributed by atoms with Crippen LogP contribution in [0.2, 0.25) is 0 Å². The molecule has 7 nitrogen and oxygen atoms in total. The van der Waals surface area contributed by atoms with Crippen molar-refractivity contribution in [2.45, 2.75) is 30.6 Å². The topological polar surface area (TPSA) is 88.1 Å². The predicted octanol–water partition coefficient (Wildman–Crippen LogP) is 2.16. The van der Waals surface area contributed by atoms with Crippen molar-refractivity contribution in [1.82, 2.24) is 9.79 Å². The fourth-order valence-corrected chi connectivity index (χ4v) is 4.39. The highest BCUT2D eigenvalue weighted by Gasteiger charge is 2.38. The zero-order chi connectivity index (χ0) is 21.0. The van der Waals surface area contributed by atoms with Gasteiger partial charge in [-0.25, -0.2) is 22.8 Å². The third-order valence-corrected chi connectivity index (χ3v) is 5.90. The highest BCUT2D eigenvalue weighted by Crippen LogP contribution is 2.23. The van der Waals surface area contributed by atoms with Crippen LogP contribution >= 0.6 is 0 Å². The molecule has 0 aliphatic carbocycles. The molecule has 1 aliphatic rings. The summed E-state index contributed by atoms with van der Waals surface area (Å²) in [6.07, 6.45) is -0.547. The Balaban J connectivity index is 1.68. The van der Waals surface area contributed by atoms with Gasteiger partial charge in [0.05, 0.1) is 17.6 Å². The van der Waals surface area contributed by atoms with Gasteiger partial charge in [-0.2, -0.15) is 0 Å². The quantitative estimate of drug-likeness (QED) is 0.546. The normalized spacial score (nSPS) is 20.8. The van der Waals surface area contributed by atoms with Crippen LogP contribution in [0.15, 0.2) is 47.4 Å². The van der Waals surface area contributed by atoms with Gasteiger partial charge in [-0.15, -0.1) is 0 Å². The van der Waals surface area contributed by atoms with Crippen molar-refractivity contribution >= 4 is 16.9 Å². The van der Waals surface area contributed by atoms with E-state index >= 15 is 0 Å². The van der Waals surface area contributed by atoms with Gasteiger partial charge in [-0.1, -0.05) is 0 Å². The van der Waals surface area contributed by atoms with Crippen molar-refractivity contribution in [2.24, 2.45) is 0 Å². The SMILES string of the molecule is CC1OCCN(S(=O)c2ccc(OCc3cc(F)cc(F)c3)cc2)[C@H]1C(=O)NO. The zero-order valence-electron chi connectivity index (χ0n) is 15.5. The first-order valence-electron chi connectivity index (χ1n) is 8.81.